The van der Waals surface area contributed by atoms with Gasteiger partial charge in [-0.3, -0.25) is 29.8 Å². The van der Waals surface area contributed by atoms with E-state index in [9.17, 15) is 19.2 Å². The molecule has 4 amide bonds. The Balaban J connectivity index is 0.999. The summed E-state index contributed by atoms with van der Waals surface area (Å²) < 4.78 is 4.90. The Bertz CT molecular complexity index is 4330. The molecule has 0 unspecified atom stereocenters. The molecule has 0 fully saturated rings. The van der Waals surface area contributed by atoms with Crippen molar-refractivity contribution in [2.45, 2.75) is 167 Å². The molecule has 474 valence electrons. The van der Waals surface area contributed by atoms with Crippen LogP contribution in [0.2, 0.25) is 0 Å². The van der Waals surface area contributed by atoms with Gasteiger partial charge in [0.2, 0.25) is 0 Å². The van der Waals surface area contributed by atoms with Crippen LogP contribution in [-0.2, 0) is 36.5 Å². The molecule has 0 spiro atoms. The lowest BCUT2D eigenvalue weighted by Gasteiger charge is -2.36. The number of rotatable bonds is 26. The van der Waals surface area contributed by atoms with Crippen molar-refractivity contribution in [1.29, 1.82) is 0 Å². The van der Waals surface area contributed by atoms with Crippen LogP contribution < -0.4 is 10.6 Å². The van der Waals surface area contributed by atoms with Crippen LogP contribution in [0.3, 0.4) is 0 Å². The number of hydrogen-bond acceptors (Lipinski definition) is 8. The second-order valence-corrected chi connectivity index (χ2v) is 31.0. The summed E-state index contributed by atoms with van der Waals surface area (Å²) in [7, 11) is 0. The molecule has 2 aliphatic heterocycles. The number of unbranched alkanes of at least 4 members (excludes halogenated alkanes) is 12. The van der Waals surface area contributed by atoms with Crippen molar-refractivity contribution in [3.05, 3.63) is 247 Å². The van der Waals surface area contributed by atoms with Crippen LogP contribution >= 0.6 is 45.3 Å². The van der Waals surface area contributed by atoms with Gasteiger partial charge in [0.25, 0.3) is 23.6 Å². The van der Waals surface area contributed by atoms with E-state index >= 15 is 0 Å². The molecule has 0 saturated heterocycles. The average Bonchev–Trinajstić information content (AvgIpc) is 1.49. The smallest absolute Gasteiger partial charge is 0.258 e. The molecule has 94 heavy (non-hydrogen) atoms. The first-order valence-corrected chi connectivity index (χ1v) is 38.0. The Morgan fingerprint density at radius 3 is 0.926 bits per heavy atom. The van der Waals surface area contributed by atoms with E-state index in [1.807, 2.05) is 81.7 Å². The molecule has 10 heteroatoms. The molecule has 0 radical (unpaired) electrons. The van der Waals surface area contributed by atoms with Gasteiger partial charge in [0.15, 0.2) is 0 Å². The van der Waals surface area contributed by atoms with Crippen molar-refractivity contribution in [2.75, 3.05) is 0 Å². The van der Waals surface area contributed by atoms with Crippen LogP contribution in [0.25, 0.3) is 60.6 Å². The topological polar surface area (TPSA) is 92.3 Å². The minimum atomic E-state index is -0.737. The highest BCUT2D eigenvalue weighted by atomic mass is 32.1. The maximum Gasteiger partial charge on any atom is 0.258 e. The molecule has 7 aromatic carbocycles. The summed E-state index contributed by atoms with van der Waals surface area (Å²) in [6.45, 7) is 9.13. The van der Waals surface area contributed by atoms with E-state index in [1.54, 1.807) is 0 Å². The lowest BCUT2D eigenvalue weighted by atomic mass is 9.65. The second kappa shape index (κ2) is 26.0. The molecule has 11 aromatic rings. The average molecular weight is 1310 g/mol. The van der Waals surface area contributed by atoms with E-state index < -0.39 is 10.8 Å². The molecule has 6 heterocycles. The van der Waals surface area contributed by atoms with Gasteiger partial charge >= 0.3 is 0 Å². The molecular formula is C84H80N2O4S4. The molecule has 0 atom stereocenters. The van der Waals surface area contributed by atoms with Crippen LogP contribution in [0.5, 0.6) is 0 Å². The molecule has 4 aromatic heterocycles. The lowest BCUT2D eigenvalue weighted by Crippen LogP contribution is -2.30. The van der Waals surface area contributed by atoms with Gasteiger partial charge in [0.05, 0.1) is 42.5 Å². The van der Waals surface area contributed by atoms with Crippen molar-refractivity contribution in [2.24, 2.45) is 0 Å². The van der Waals surface area contributed by atoms with Gasteiger partial charge < -0.3 is 0 Å². The Hall–Kier alpha value is -7.86. The van der Waals surface area contributed by atoms with Crippen molar-refractivity contribution in [1.82, 2.24) is 10.6 Å². The summed E-state index contributed by atoms with van der Waals surface area (Å²) in [6.07, 6.45) is 23.5. The number of thiophene rings is 4. The van der Waals surface area contributed by atoms with Gasteiger partial charge in [-0.2, -0.15) is 0 Å². The zero-order chi connectivity index (χ0) is 64.2. The first-order chi connectivity index (χ1) is 46.0. The van der Waals surface area contributed by atoms with E-state index in [0.29, 0.717) is 22.3 Å². The first kappa shape index (κ1) is 62.3. The fourth-order valence-corrected chi connectivity index (χ4v) is 21.4. The Morgan fingerprint density at radius 1 is 0.309 bits per heavy atom. The van der Waals surface area contributed by atoms with Crippen LogP contribution in [0, 0.1) is 0 Å². The van der Waals surface area contributed by atoms with E-state index in [-0.39, 0.29) is 23.6 Å². The molecular weight excluding hydrogens is 1230 g/mol. The quantitative estimate of drug-likeness (QED) is 0.0417. The summed E-state index contributed by atoms with van der Waals surface area (Å²) >= 11 is 7.40. The third kappa shape index (κ3) is 10.6. The normalized spacial score (nSPS) is 14.6. The summed E-state index contributed by atoms with van der Waals surface area (Å²) in [5.74, 6) is -1.38. The maximum atomic E-state index is 13.2. The maximum absolute atomic E-state index is 13.2. The van der Waals surface area contributed by atoms with E-state index in [2.05, 4.69) is 160 Å². The van der Waals surface area contributed by atoms with Crippen molar-refractivity contribution >= 4 is 87.8 Å². The van der Waals surface area contributed by atoms with Crippen LogP contribution in [0.15, 0.2) is 158 Å². The van der Waals surface area contributed by atoms with Crippen molar-refractivity contribution in [3.8, 4) is 41.8 Å². The van der Waals surface area contributed by atoms with Gasteiger partial charge in [-0.15, -0.1) is 45.3 Å². The second-order valence-electron chi connectivity index (χ2n) is 26.8. The standard InChI is InChI=1S/C84H80N2O4S4/c1-5-9-13-17-21-51-25-35-57(36-26-51)83(58-37-27-52(28-38-58)22-18-14-10-6-2)67-47-66-68(48-65(67)75-73(83)77-71(93-75)49-69(91-77)55-33-43-61-63(45-55)81(89)85-79(61)87)84(59-39-29-53(30-40-59)23-19-15-11-7-3,60-41-31-54(32-42-60)24-20-16-12-8-4)74-76(66)94-72-50-70(92-78(72)74)56-34-44-62-64(46-56)82(90)86-80(62)88/h25-50H,5-24H2,1-4H3,(H,85,87,89)(H,86,88,90). The third-order valence-corrected chi connectivity index (χ3v) is 25.8. The summed E-state index contributed by atoms with van der Waals surface area (Å²) in [6, 6.07) is 60.4. The van der Waals surface area contributed by atoms with Gasteiger partial charge in [-0.1, -0.05) is 214 Å². The third-order valence-electron chi connectivity index (χ3n) is 20.8. The number of nitrogens with one attached hydrogen (secondary N) is 2. The zero-order valence-electron chi connectivity index (χ0n) is 54.4. The van der Waals surface area contributed by atoms with Gasteiger partial charge in [-0.05, 0) is 178 Å². The Labute approximate surface area is 568 Å². The minimum absolute atomic E-state index is 0.344. The Morgan fingerprint density at radius 2 is 0.617 bits per heavy atom. The summed E-state index contributed by atoms with van der Waals surface area (Å²) in [5.41, 5.74) is 20.3. The predicted molar refractivity (Wildman–Crippen MR) is 393 cm³/mol. The lowest BCUT2D eigenvalue weighted by molar-refractivity contribution is 0.0863. The van der Waals surface area contributed by atoms with E-state index in [4.69, 9.17) is 0 Å². The fourth-order valence-electron chi connectivity index (χ4n) is 15.9. The van der Waals surface area contributed by atoms with Crippen LogP contribution in [0.4, 0.5) is 0 Å². The van der Waals surface area contributed by atoms with Gasteiger partial charge in [-0.25, -0.2) is 0 Å². The van der Waals surface area contributed by atoms with Crippen LogP contribution in [-0.4, -0.2) is 23.6 Å². The highest BCUT2D eigenvalue weighted by molar-refractivity contribution is 7.32. The number of amides is 4. The predicted octanol–water partition coefficient (Wildman–Crippen LogP) is 22.6. The first-order valence-electron chi connectivity index (χ1n) is 34.8. The Kier molecular flexibility index (Phi) is 17.2. The molecule has 2 N–H and O–H groups in total. The number of carbonyl (C=O) groups excluding carboxylic acids is 4. The molecule has 2 aliphatic carbocycles. The highest BCUT2D eigenvalue weighted by Gasteiger charge is 2.54. The number of imide groups is 2. The van der Waals surface area contributed by atoms with Crippen LogP contribution in [0.1, 0.15) is 239 Å². The summed E-state index contributed by atoms with van der Waals surface area (Å²) in [4.78, 5) is 56.9. The van der Waals surface area contributed by atoms with Gasteiger partial charge in [0.1, 0.15) is 0 Å². The molecule has 4 aliphatic rings. The minimum Gasteiger partial charge on any atom is -0.288 e. The largest absolute Gasteiger partial charge is 0.288 e. The number of hydrogen-bond donors (Lipinski definition) is 2. The number of carbonyl (C=O) groups is 4. The zero-order valence-corrected chi connectivity index (χ0v) is 57.7. The van der Waals surface area contributed by atoms with Crippen molar-refractivity contribution < 1.29 is 19.2 Å². The molecule has 0 bridgehead atoms. The number of fused-ring (bicyclic) bond motifs is 12. The van der Waals surface area contributed by atoms with Gasteiger partial charge in [0, 0.05) is 40.0 Å². The van der Waals surface area contributed by atoms with Crippen molar-refractivity contribution in [3.63, 3.8) is 0 Å². The van der Waals surface area contributed by atoms with E-state index in [0.717, 1.165) is 72.2 Å². The molecule has 0 saturated carbocycles. The number of benzene rings is 7. The van der Waals surface area contributed by atoms with E-state index in [1.165, 1.54) is 183 Å². The highest BCUT2D eigenvalue weighted by Crippen LogP contribution is 2.68. The fraction of sp³-hybridized carbons (Fsp3) is 0.310. The molecule has 15 rings (SSSR count). The monoisotopic (exact) mass is 1310 g/mol. The molecule has 6 nitrogen and oxygen atoms in total. The number of aryl methyl sites for hydroxylation is 4. The summed E-state index contributed by atoms with van der Waals surface area (Å²) in [5, 5.41) is 5.05. The SMILES string of the molecule is CCCCCCc1ccc(C2(c3ccc(CCCCCC)cc3)c3cc4c(cc3-c3sc5cc(-c6ccc7c(c6)C(=O)NC7=O)sc5c32)C(c2ccc(CCCCCC)cc2)(c2ccc(CCCCCC)cc2)c2c-4sc3cc(-c4ccc5c(c4)C(=O)NC5=O)sc23)cc1.